The fourth-order valence-electron chi connectivity index (χ4n) is 3.84. The molecule has 160 valence electrons. The molecule has 2 N–H and O–H groups in total. The maximum Gasteiger partial charge on any atom is 0.267 e. The Kier molecular flexibility index (Phi) is 5.48. The SMILES string of the molecule is CC[C@H]1O[C@@H](c2cnc3c(N)nc(S(C)(=O)=O)nn23)[C@H](OCc2ccccc2)[C@@H]1C. The van der Waals surface area contributed by atoms with E-state index in [0.717, 1.165) is 18.2 Å². The molecule has 0 spiro atoms. The van der Waals surface area contributed by atoms with E-state index in [-0.39, 0.29) is 34.7 Å². The highest BCUT2D eigenvalue weighted by atomic mass is 32.2. The van der Waals surface area contributed by atoms with Crippen LogP contribution in [0.3, 0.4) is 0 Å². The zero-order chi connectivity index (χ0) is 21.5. The summed E-state index contributed by atoms with van der Waals surface area (Å²) in [7, 11) is -3.64. The number of aromatic nitrogens is 4. The largest absolute Gasteiger partial charge is 0.380 e. The highest BCUT2D eigenvalue weighted by molar-refractivity contribution is 7.90. The maximum absolute atomic E-state index is 12.0. The molecule has 0 radical (unpaired) electrons. The molecule has 0 unspecified atom stereocenters. The van der Waals surface area contributed by atoms with Crippen LogP contribution in [0.2, 0.25) is 0 Å². The van der Waals surface area contributed by atoms with Crippen molar-refractivity contribution in [3.63, 3.8) is 0 Å². The standard InChI is InChI=1S/C20H25N5O4S/c1-4-15-12(2)16(28-11-13-8-6-5-7-9-13)17(29-15)14-10-22-19-18(21)23-20(24-25(14)19)30(3,26)27/h5-10,12,15-17H,4,11H2,1-3H3,(H2,21,23,24)/t12-,15-,16-,17+/m1/s1. The van der Waals surface area contributed by atoms with E-state index in [1.807, 2.05) is 30.3 Å². The summed E-state index contributed by atoms with van der Waals surface area (Å²) in [4.78, 5) is 8.17. The van der Waals surface area contributed by atoms with Gasteiger partial charge in [-0.05, 0) is 12.0 Å². The topological polar surface area (TPSA) is 122 Å². The summed E-state index contributed by atoms with van der Waals surface area (Å²) >= 11 is 0. The maximum atomic E-state index is 12.0. The molecule has 0 saturated carbocycles. The molecule has 1 saturated heterocycles. The van der Waals surface area contributed by atoms with E-state index < -0.39 is 15.9 Å². The third-order valence-corrected chi connectivity index (χ3v) is 6.27. The highest BCUT2D eigenvalue weighted by Gasteiger charge is 2.44. The van der Waals surface area contributed by atoms with Gasteiger partial charge in [-0.15, -0.1) is 5.10 Å². The molecule has 0 aliphatic carbocycles. The normalized spacial score (nSPS) is 24.5. The van der Waals surface area contributed by atoms with Crippen molar-refractivity contribution in [2.75, 3.05) is 12.0 Å². The van der Waals surface area contributed by atoms with Gasteiger partial charge in [-0.3, -0.25) is 0 Å². The van der Waals surface area contributed by atoms with Crippen molar-refractivity contribution in [3.8, 4) is 0 Å². The lowest BCUT2D eigenvalue weighted by Gasteiger charge is -2.21. The number of fused-ring (bicyclic) bond motifs is 1. The lowest BCUT2D eigenvalue weighted by molar-refractivity contribution is -0.0363. The number of nitrogens with two attached hydrogens (primary N) is 1. The Morgan fingerprint density at radius 1 is 1.27 bits per heavy atom. The number of hydrogen-bond acceptors (Lipinski definition) is 8. The van der Waals surface area contributed by atoms with Crippen LogP contribution in [0.4, 0.5) is 5.82 Å². The molecule has 10 heteroatoms. The Hall–Kier alpha value is -2.56. The lowest BCUT2D eigenvalue weighted by Crippen LogP contribution is -2.26. The summed E-state index contributed by atoms with van der Waals surface area (Å²) in [5.74, 6) is 0.124. The second-order valence-corrected chi connectivity index (χ2v) is 9.50. The summed E-state index contributed by atoms with van der Waals surface area (Å²) in [6, 6.07) is 9.91. The molecule has 9 nitrogen and oxygen atoms in total. The molecule has 30 heavy (non-hydrogen) atoms. The Morgan fingerprint density at radius 2 is 2.00 bits per heavy atom. The molecule has 0 amide bonds. The van der Waals surface area contributed by atoms with Crippen molar-refractivity contribution >= 4 is 21.3 Å². The van der Waals surface area contributed by atoms with E-state index in [1.54, 1.807) is 6.20 Å². The van der Waals surface area contributed by atoms with Gasteiger partial charge < -0.3 is 15.2 Å². The molecule has 1 fully saturated rings. The van der Waals surface area contributed by atoms with Gasteiger partial charge in [0.25, 0.3) is 5.16 Å². The Morgan fingerprint density at radius 3 is 2.67 bits per heavy atom. The summed E-state index contributed by atoms with van der Waals surface area (Å²) in [6.45, 7) is 4.60. The van der Waals surface area contributed by atoms with Gasteiger partial charge >= 0.3 is 0 Å². The van der Waals surface area contributed by atoms with Crippen molar-refractivity contribution in [3.05, 3.63) is 47.8 Å². The predicted octanol–water partition coefficient (Wildman–Crippen LogP) is 2.18. The van der Waals surface area contributed by atoms with Gasteiger partial charge in [0.2, 0.25) is 9.84 Å². The van der Waals surface area contributed by atoms with Gasteiger partial charge in [0.05, 0.1) is 30.7 Å². The Bertz CT molecular complexity index is 1150. The van der Waals surface area contributed by atoms with Gasteiger partial charge in [-0.1, -0.05) is 44.2 Å². The van der Waals surface area contributed by atoms with Gasteiger partial charge in [0.15, 0.2) is 11.5 Å². The first kappa shape index (κ1) is 20.7. The van der Waals surface area contributed by atoms with Crippen LogP contribution >= 0.6 is 0 Å². The van der Waals surface area contributed by atoms with E-state index in [9.17, 15) is 8.42 Å². The van der Waals surface area contributed by atoms with Crippen LogP contribution in [0.1, 0.15) is 37.6 Å². The molecule has 1 aliphatic rings. The highest BCUT2D eigenvalue weighted by Crippen LogP contribution is 2.41. The molecule has 4 rings (SSSR count). The van der Waals surface area contributed by atoms with E-state index in [0.29, 0.717) is 12.3 Å². The van der Waals surface area contributed by atoms with Gasteiger partial charge in [-0.2, -0.15) is 4.98 Å². The average Bonchev–Trinajstić information content (AvgIpc) is 3.27. The first-order valence-corrected chi connectivity index (χ1v) is 11.7. The average molecular weight is 432 g/mol. The van der Waals surface area contributed by atoms with Crippen molar-refractivity contribution in [1.29, 1.82) is 0 Å². The third-order valence-electron chi connectivity index (χ3n) is 5.43. The van der Waals surface area contributed by atoms with E-state index in [4.69, 9.17) is 15.2 Å². The van der Waals surface area contributed by atoms with Crippen LogP contribution in [0, 0.1) is 5.92 Å². The molecule has 2 aromatic heterocycles. The fourth-order valence-corrected chi connectivity index (χ4v) is 4.33. The molecular weight excluding hydrogens is 406 g/mol. The molecule has 3 aromatic rings. The number of anilines is 1. The quantitative estimate of drug-likeness (QED) is 0.630. The smallest absolute Gasteiger partial charge is 0.267 e. The number of imidazole rings is 1. The minimum atomic E-state index is -3.64. The van der Waals surface area contributed by atoms with Gasteiger partial charge in [0.1, 0.15) is 6.10 Å². The number of benzene rings is 1. The number of nitrogen functional groups attached to an aromatic ring is 1. The van der Waals surface area contributed by atoms with Crippen LogP contribution in [0.5, 0.6) is 0 Å². The Balaban J connectivity index is 1.72. The molecule has 4 atom stereocenters. The van der Waals surface area contributed by atoms with Crippen LogP contribution in [0.25, 0.3) is 5.65 Å². The van der Waals surface area contributed by atoms with Crippen LogP contribution in [-0.2, 0) is 25.9 Å². The van der Waals surface area contributed by atoms with E-state index in [2.05, 4.69) is 28.9 Å². The van der Waals surface area contributed by atoms with Gasteiger partial charge in [-0.25, -0.2) is 17.9 Å². The van der Waals surface area contributed by atoms with Crippen LogP contribution in [0.15, 0.2) is 41.7 Å². The number of rotatable bonds is 6. The first-order valence-electron chi connectivity index (χ1n) is 9.81. The zero-order valence-corrected chi connectivity index (χ0v) is 17.9. The second-order valence-electron chi connectivity index (χ2n) is 7.59. The number of nitrogens with zero attached hydrogens (tertiary/aromatic N) is 4. The molecule has 3 heterocycles. The minimum Gasteiger partial charge on any atom is -0.380 e. The minimum absolute atomic E-state index is 0.00323. The van der Waals surface area contributed by atoms with Crippen molar-refractivity contribution in [2.24, 2.45) is 5.92 Å². The molecule has 1 aliphatic heterocycles. The molecular formula is C20H25N5O4S. The summed E-state index contributed by atoms with van der Waals surface area (Å²) in [5, 5.41) is 3.83. The third kappa shape index (κ3) is 3.78. The lowest BCUT2D eigenvalue weighted by atomic mass is 9.95. The van der Waals surface area contributed by atoms with Crippen molar-refractivity contribution in [2.45, 2.75) is 50.3 Å². The summed E-state index contributed by atoms with van der Waals surface area (Å²) in [5.41, 5.74) is 7.88. The van der Waals surface area contributed by atoms with Crippen LogP contribution in [-0.4, -0.2) is 46.5 Å². The number of sulfone groups is 1. The van der Waals surface area contributed by atoms with Gasteiger partial charge in [0, 0.05) is 12.2 Å². The van der Waals surface area contributed by atoms with Crippen molar-refractivity contribution in [1.82, 2.24) is 19.6 Å². The van der Waals surface area contributed by atoms with Crippen LogP contribution < -0.4 is 5.73 Å². The van der Waals surface area contributed by atoms with Crippen molar-refractivity contribution < 1.29 is 17.9 Å². The molecule has 1 aromatic carbocycles. The zero-order valence-electron chi connectivity index (χ0n) is 17.1. The fraction of sp³-hybridized carbons (Fsp3) is 0.450. The monoisotopic (exact) mass is 431 g/mol. The first-order chi connectivity index (χ1) is 14.3. The predicted molar refractivity (Wildman–Crippen MR) is 110 cm³/mol. The summed E-state index contributed by atoms with van der Waals surface area (Å²) < 4.78 is 38.0. The van der Waals surface area contributed by atoms with E-state index in [1.165, 1.54) is 4.52 Å². The van der Waals surface area contributed by atoms with E-state index >= 15 is 0 Å². The summed E-state index contributed by atoms with van der Waals surface area (Å²) in [6.07, 6.45) is 2.73. The second kappa shape index (κ2) is 7.93. The number of ether oxygens (including phenoxy) is 2. The number of hydrogen-bond donors (Lipinski definition) is 1. The molecule has 0 bridgehead atoms. The Labute approximate surface area is 175 Å².